The second-order valence-electron chi connectivity index (χ2n) is 6.62. The Morgan fingerprint density at radius 2 is 1.95 bits per heavy atom. The number of hydrogen-bond acceptors (Lipinski definition) is 1. The highest BCUT2D eigenvalue weighted by Crippen LogP contribution is 2.40. The van der Waals surface area contributed by atoms with Crippen molar-refractivity contribution in [2.24, 2.45) is 17.8 Å². The molecule has 2 rings (SSSR count). The van der Waals surface area contributed by atoms with Crippen molar-refractivity contribution in [3.05, 3.63) is 35.1 Å². The lowest BCUT2D eigenvalue weighted by Crippen LogP contribution is -2.33. The molecule has 4 atom stereocenters. The van der Waals surface area contributed by atoms with Crippen LogP contribution in [-0.4, -0.2) is 6.54 Å². The smallest absolute Gasteiger partial charge is 0.123 e. The van der Waals surface area contributed by atoms with Gasteiger partial charge in [-0.2, -0.15) is 0 Å². The molecule has 112 valence electrons. The lowest BCUT2D eigenvalue weighted by atomic mass is 9.72. The van der Waals surface area contributed by atoms with E-state index in [0.29, 0.717) is 12.0 Å². The van der Waals surface area contributed by atoms with Gasteiger partial charge in [-0.25, -0.2) is 4.39 Å². The van der Waals surface area contributed by atoms with Gasteiger partial charge in [0.2, 0.25) is 0 Å². The lowest BCUT2D eigenvalue weighted by Gasteiger charge is -2.37. The summed E-state index contributed by atoms with van der Waals surface area (Å²) in [5.74, 6) is 2.11. The number of halogens is 1. The van der Waals surface area contributed by atoms with Crippen LogP contribution in [-0.2, 0) is 0 Å². The van der Waals surface area contributed by atoms with E-state index in [0.717, 1.165) is 29.5 Å². The van der Waals surface area contributed by atoms with Gasteiger partial charge in [-0.15, -0.1) is 0 Å². The van der Waals surface area contributed by atoms with Crippen LogP contribution in [0.25, 0.3) is 0 Å². The Hall–Kier alpha value is -0.890. The van der Waals surface area contributed by atoms with E-state index in [4.69, 9.17) is 0 Å². The lowest BCUT2D eigenvalue weighted by molar-refractivity contribution is 0.172. The summed E-state index contributed by atoms with van der Waals surface area (Å²) in [5, 5.41) is 3.59. The minimum Gasteiger partial charge on any atom is -0.310 e. The van der Waals surface area contributed by atoms with Crippen LogP contribution in [0.3, 0.4) is 0 Å². The van der Waals surface area contributed by atoms with Crippen molar-refractivity contribution in [3.63, 3.8) is 0 Å². The van der Waals surface area contributed by atoms with Gasteiger partial charge in [0.25, 0.3) is 0 Å². The zero-order valence-corrected chi connectivity index (χ0v) is 13.2. The summed E-state index contributed by atoms with van der Waals surface area (Å²) in [6.45, 7) is 9.75. The summed E-state index contributed by atoms with van der Waals surface area (Å²) < 4.78 is 13.7. The Morgan fingerprint density at radius 1 is 1.20 bits per heavy atom. The summed E-state index contributed by atoms with van der Waals surface area (Å²) >= 11 is 0. The summed E-state index contributed by atoms with van der Waals surface area (Å²) in [6.07, 6.45) is 3.79. The monoisotopic (exact) mass is 277 g/mol. The minimum atomic E-state index is -0.111. The Bertz CT molecular complexity index is 423. The molecule has 0 heterocycles. The Kier molecular flexibility index (Phi) is 5.20. The summed E-state index contributed by atoms with van der Waals surface area (Å²) in [5.41, 5.74) is 2.14. The van der Waals surface area contributed by atoms with Gasteiger partial charge in [-0.05, 0) is 67.3 Å². The average molecular weight is 277 g/mol. The van der Waals surface area contributed by atoms with Crippen molar-refractivity contribution in [1.82, 2.24) is 5.32 Å². The quantitative estimate of drug-likeness (QED) is 0.829. The van der Waals surface area contributed by atoms with Gasteiger partial charge >= 0.3 is 0 Å². The third-order valence-electron chi connectivity index (χ3n) is 4.96. The highest BCUT2D eigenvalue weighted by Gasteiger charge is 2.30. The molecule has 1 nitrogen and oxygen atoms in total. The molecule has 0 spiro atoms. The predicted octanol–water partition coefficient (Wildman–Crippen LogP) is 4.86. The fourth-order valence-corrected chi connectivity index (χ4v) is 3.61. The molecule has 1 aromatic carbocycles. The molecule has 0 saturated heterocycles. The first-order valence-electron chi connectivity index (χ1n) is 8.01. The second-order valence-corrected chi connectivity index (χ2v) is 6.62. The van der Waals surface area contributed by atoms with Crippen LogP contribution in [0.5, 0.6) is 0 Å². The van der Waals surface area contributed by atoms with Crippen molar-refractivity contribution >= 4 is 0 Å². The Labute approximate surface area is 123 Å². The average Bonchev–Trinajstić information content (AvgIpc) is 2.38. The highest BCUT2D eigenvalue weighted by molar-refractivity contribution is 5.27. The molecule has 1 aliphatic carbocycles. The maximum absolute atomic E-state index is 13.7. The first kappa shape index (κ1) is 15.5. The summed E-state index contributed by atoms with van der Waals surface area (Å²) in [6, 6.07) is 5.75. The van der Waals surface area contributed by atoms with E-state index < -0.39 is 0 Å². The van der Waals surface area contributed by atoms with E-state index in [1.54, 1.807) is 12.1 Å². The third kappa shape index (κ3) is 3.60. The topological polar surface area (TPSA) is 12.0 Å². The molecule has 1 saturated carbocycles. The van der Waals surface area contributed by atoms with Crippen LogP contribution in [0.15, 0.2) is 18.2 Å². The van der Waals surface area contributed by atoms with E-state index in [1.807, 2.05) is 6.92 Å². The molecule has 1 aromatic rings. The zero-order valence-electron chi connectivity index (χ0n) is 13.2. The molecule has 1 N–H and O–H groups in total. The van der Waals surface area contributed by atoms with Crippen LogP contribution >= 0.6 is 0 Å². The predicted molar refractivity (Wildman–Crippen MR) is 83.2 cm³/mol. The summed E-state index contributed by atoms with van der Waals surface area (Å²) in [7, 11) is 0. The normalized spacial score (nSPS) is 28.4. The van der Waals surface area contributed by atoms with E-state index in [-0.39, 0.29) is 5.82 Å². The molecule has 1 aliphatic rings. The summed E-state index contributed by atoms with van der Waals surface area (Å²) in [4.78, 5) is 0. The van der Waals surface area contributed by atoms with Gasteiger partial charge in [-0.1, -0.05) is 33.3 Å². The van der Waals surface area contributed by atoms with Gasteiger partial charge in [0.15, 0.2) is 0 Å². The van der Waals surface area contributed by atoms with Gasteiger partial charge in [0.1, 0.15) is 5.82 Å². The van der Waals surface area contributed by atoms with Crippen LogP contribution in [0, 0.1) is 30.5 Å². The number of benzene rings is 1. The van der Waals surface area contributed by atoms with Gasteiger partial charge < -0.3 is 5.32 Å². The largest absolute Gasteiger partial charge is 0.310 e. The van der Waals surface area contributed by atoms with Gasteiger partial charge in [0.05, 0.1) is 0 Å². The van der Waals surface area contributed by atoms with Crippen molar-refractivity contribution in [2.45, 2.75) is 53.0 Å². The van der Waals surface area contributed by atoms with Gasteiger partial charge in [0, 0.05) is 6.04 Å². The minimum absolute atomic E-state index is 0.111. The maximum atomic E-state index is 13.7. The standard InChI is InChI=1S/C18H28FN/c1-5-20-18(15-7-6-13(3)14(4)10-15)16-8-12(2)9-17(19)11-16/h8-9,11,13-15,18,20H,5-7,10H2,1-4H3. The third-order valence-corrected chi connectivity index (χ3v) is 4.96. The Balaban J connectivity index is 2.22. The number of aryl methyl sites for hydroxylation is 1. The molecule has 0 radical (unpaired) electrons. The van der Waals surface area contributed by atoms with Crippen LogP contribution in [0.4, 0.5) is 4.39 Å². The van der Waals surface area contributed by atoms with Crippen LogP contribution in [0.2, 0.25) is 0 Å². The molecule has 0 aromatic heterocycles. The van der Waals surface area contributed by atoms with E-state index >= 15 is 0 Å². The molecule has 0 amide bonds. The van der Waals surface area contributed by atoms with Gasteiger partial charge in [-0.3, -0.25) is 0 Å². The maximum Gasteiger partial charge on any atom is 0.123 e. The van der Waals surface area contributed by atoms with Crippen molar-refractivity contribution in [2.75, 3.05) is 6.54 Å². The molecule has 4 unspecified atom stereocenters. The second kappa shape index (κ2) is 6.71. The van der Waals surface area contributed by atoms with Crippen molar-refractivity contribution in [1.29, 1.82) is 0 Å². The first-order chi connectivity index (χ1) is 9.51. The zero-order chi connectivity index (χ0) is 14.7. The van der Waals surface area contributed by atoms with Crippen molar-refractivity contribution < 1.29 is 4.39 Å². The number of rotatable bonds is 4. The molecule has 2 heteroatoms. The van der Waals surface area contributed by atoms with E-state index in [2.05, 4.69) is 32.2 Å². The molecular weight excluding hydrogens is 249 g/mol. The molecule has 20 heavy (non-hydrogen) atoms. The van der Waals surface area contributed by atoms with Crippen LogP contribution in [0.1, 0.15) is 57.2 Å². The highest BCUT2D eigenvalue weighted by atomic mass is 19.1. The molecule has 0 aliphatic heterocycles. The fraction of sp³-hybridized carbons (Fsp3) is 0.667. The number of nitrogens with one attached hydrogen (secondary N) is 1. The molecule has 0 bridgehead atoms. The fourth-order valence-electron chi connectivity index (χ4n) is 3.61. The number of hydrogen-bond donors (Lipinski definition) is 1. The Morgan fingerprint density at radius 3 is 2.55 bits per heavy atom. The van der Waals surface area contributed by atoms with E-state index in [9.17, 15) is 4.39 Å². The van der Waals surface area contributed by atoms with Crippen LogP contribution < -0.4 is 5.32 Å². The SMILES string of the molecule is CCNC(c1cc(C)cc(F)c1)C1CCC(C)C(C)C1. The molecular formula is C18H28FN. The molecule has 1 fully saturated rings. The van der Waals surface area contributed by atoms with E-state index in [1.165, 1.54) is 19.3 Å². The first-order valence-corrected chi connectivity index (χ1v) is 8.01. The van der Waals surface area contributed by atoms with Crippen molar-refractivity contribution in [3.8, 4) is 0 Å².